The summed E-state index contributed by atoms with van der Waals surface area (Å²) < 4.78 is 5.16. The van der Waals surface area contributed by atoms with Gasteiger partial charge in [0.15, 0.2) is 0 Å². The van der Waals surface area contributed by atoms with Gasteiger partial charge < -0.3 is 10.5 Å². The highest BCUT2D eigenvalue weighted by Gasteiger charge is 2.32. The van der Waals surface area contributed by atoms with Crippen LogP contribution in [0.2, 0.25) is 0 Å². The topological polar surface area (TPSA) is 35.2 Å². The smallest absolute Gasteiger partial charge is 0.0542 e. The van der Waals surface area contributed by atoms with Crippen LogP contribution >= 0.6 is 0 Å². The Hall–Kier alpha value is -0.0800. The number of rotatable bonds is 4. The Kier molecular flexibility index (Phi) is 2.90. The predicted molar refractivity (Wildman–Crippen MR) is 46.4 cm³/mol. The van der Waals surface area contributed by atoms with Crippen LogP contribution < -0.4 is 5.73 Å². The third kappa shape index (κ3) is 2.80. The molecule has 0 amide bonds. The van der Waals surface area contributed by atoms with E-state index in [0.717, 1.165) is 19.6 Å². The summed E-state index contributed by atoms with van der Waals surface area (Å²) in [6, 6.07) is 0.361. The Balaban J connectivity index is 2.02. The van der Waals surface area contributed by atoms with Gasteiger partial charge in [0.05, 0.1) is 13.2 Å². The van der Waals surface area contributed by atoms with E-state index in [1.807, 2.05) is 0 Å². The van der Waals surface area contributed by atoms with E-state index >= 15 is 0 Å². The summed E-state index contributed by atoms with van der Waals surface area (Å²) in [4.78, 5) is 0. The van der Waals surface area contributed by atoms with E-state index in [9.17, 15) is 0 Å². The molecule has 0 aliphatic carbocycles. The lowest BCUT2D eigenvalue weighted by Crippen LogP contribution is -2.39. The fourth-order valence-corrected chi connectivity index (χ4v) is 1.45. The average Bonchev–Trinajstić information content (AvgIpc) is 1.83. The second-order valence-corrected chi connectivity index (χ2v) is 4.17. The maximum atomic E-state index is 5.65. The fraction of sp³-hybridized carbons (Fsp3) is 1.00. The van der Waals surface area contributed by atoms with E-state index < -0.39 is 0 Å². The van der Waals surface area contributed by atoms with Crippen molar-refractivity contribution in [3.63, 3.8) is 0 Å². The van der Waals surface area contributed by atoms with Gasteiger partial charge in [-0.15, -0.1) is 0 Å². The first kappa shape index (κ1) is 9.01. The van der Waals surface area contributed by atoms with Crippen LogP contribution in [0.1, 0.15) is 33.1 Å². The molecule has 0 bridgehead atoms. The van der Waals surface area contributed by atoms with Crippen LogP contribution in [0.3, 0.4) is 0 Å². The third-order valence-electron chi connectivity index (χ3n) is 2.34. The summed E-state index contributed by atoms with van der Waals surface area (Å²) in [5.74, 6) is 0. The van der Waals surface area contributed by atoms with Crippen LogP contribution in [-0.4, -0.2) is 19.3 Å². The third-order valence-corrected chi connectivity index (χ3v) is 2.34. The van der Waals surface area contributed by atoms with E-state index in [-0.39, 0.29) is 0 Å². The van der Waals surface area contributed by atoms with Crippen LogP contribution in [0, 0.1) is 5.41 Å². The highest BCUT2D eigenvalue weighted by Crippen LogP contribution is 2.32. The molecule has 0 saturated carbocycles. The van der Waals surface area contributed by atoms with Crippen molar-refractivity contribution in [3.05, 3.63) is 0 Å². The van der Waals surface area contributed by atoms with Crippen LogP contribution in [0.15, 0.2) is 0 Å². The molecule has 66 valence electrons. The number of hydrogen-bond donors (Lipinski definition) is 1. The Morgan fingerprint density at radius 2 is 2.18 bits per heavy atom. The molecule has 2 N–H and O–H groups in total. The van der Waals surface area contributed by atoms with E-state index in [0.29, 0.717) is 11.5 Å². The first-order chi connectivity index (χ1) is 5.12. The molecule has 0 radical (unpaired) electrons. The van der Waals surface area contributed by atoms with Crippen molar-refractivity contribution < 1.29 is 4.74 Å². The van der Waals surface area contributed by atoms with Crippen LogP contribution in [0.5, 0.6) is 0 Å². The van der Waals surface area contributed by atoms with Crippen molar-refractivity contribution in [1.29, 1.82) is 0 Å². The molecule has 1 saturated heterocycles. The van der Waals surface area contributed by atoms with Gasteiger partial charge in [0.25, 0.3) is 0 Å². The maximum absolute atomic E-state index is 5.65. The standard InChI is InChI=1S/C9H19NO/c1-8(10)4-3-5-9(2)6-11-7-9/h8H,3-7,10H2,1-2H3. The highest BCUT2D eigenvalue weighted by molar-refractivity contribution is 4.80. The quantitative estimate of drug-likeness (QED) is 0.672. The largest absolute Gasteiger partial charge is 0.380 e. The van der Waals surface area contributed by atoms with Crippen molar-refractivity contribution in [1.82, 2.24) is 0 Å². The minimum atomic E-state index is 0.361. The molecule has 1 rings (SSSR count). The van der Waals surface area contributed by atoms with Crippen molar-refractivity contribution >= 4 is 0 Å². The highest BCUT2D eigenvalue weighted by atomic mass is 16.5. The molecule has 0 aromatic rings. The van der Waals surface area contributed by atoms with Gasteiger partial charge >= 0.3 is 0 Å². The zero-order valence-electron chi connectivity index (χ0n) is 7.60. The van der Waals surface area contributed by atoms with Gasteiger partial charge in [0.2, 0.25) is 0 Å². The molecule has 1 aliphatic rings. The SMILES string of the molecule is CC(N)CCCC1(C)COC1. The first-order valence-corrected chi connectivity index (χ1v) is 4.46. The van der Waals surface area contributed by atoms with Crippen molar-refractivity contribution in [3.8, 4) is 0 Å². The van der Waals surface area contributed by atoms with E-state index in [4.69, 9.17) is 10.5 Å². The second kappa shape index (κ2) is 3.55. The first-order valence-electron chi connectivity index (χ1n) is 4.46. The summed E-state index contributed by atoms with van der Waals surface area (Å²) in [5.41, 5.74) is 6.13. The van der Waals surface area contributed by atoms with Crippen LogP contribution in [-0.2, 0) is 4.74 Å². The molecular formula is C9H19NO. The number of ether oxygens (including phenoxy) is 1. The van der Waals surface area contributed by atoms with Gasteiger partial charge in [-0.3, -0.25) is 0 Å². The van der Waals surface area contributed by atoms with Gasteiger partial charge in [-0.1, -0.05) is 13.3 Å². The molecule has 1 unspecified atom stereocenters. The minimum Gasteiger partial charge on any atom is -0.380 e. The molecule has 1 atom stereocenters. The van der Waals surface area contributed by atoms with Gasteiger partial charge in [-0.2, -0.15) is 0 Å². The number of nitrogens with two attached hydrogens (primary N) is 1. The fourth-order valence-electron chi connectivity index (χ4n) is 1.45. The van der Waals surface area contributed by atoms with Gasteiger partial charge in [-0.05, 0) is 19.8 Å². The Morgan fingerprint density at radius 3 is 2.55 bits per heavy atom. The predicted octanol–water partition coefficient (Wildman–Crippen LogP) is 1.54. The lowest BCUT2D eigenvalue weighted by Gasteiger charge is -2.38. The molecule has 1 aliphatic heterocycles. The van der Waals surface area contributed by atoms with Gasteiger partial charge in [0, 0.05) is 11.5 Å². The summed E-state index contributed by atoms with van der Waals surface area (Å²) >= 11 is 0. The molecule has 2 nitrogen and oxygen atoms in total. The Labute approximate surface area is 69.1 Å². The van der Waals surface area contributed by atoms with Crippen molar-refractivity contribution in [2.75, 3.05) is 13.2 Å². The summed E-state index contributed by atoms with van der Waals surface area (Å²) in [7, 11) is 0. The summed E-state index contributed by atoms with van der Waals surface area (Å²) in [6.45, 7) is 6.26. The molecule has 0 spiro atoms. The zero-order valence-corrected chi connectivity index (χ0v) is 7.60. The normalized spacial score (nSPS) is 24.3. The minimum absolute atomic E-state index is 0.361. The van der Waals surface area contributed by atoms with Crippen molar-refractivity contribution in [2.24, 2.45) is 11.1 Å². The molecule has 0 aromatic carbocycles. The van der Waals surface area contributed by atoms with Gasteiger partial charge in [0.1, 0.15) is 0 Å². The summed E-state index contributed by atoms with van der Waals surface area (Å²) in [6.07, 6.45) is 3.67. The lowest BCUT2D eigenvalue weighted by molar-refractivity contribution is -0.106. The molecule has 1 fully saturated rings. The lowest BCUT2D eigenvalue weighted by atomic mass is 9.83. The van der Waals surface area contributed by atoms with Crippen LogP contribution in [0.4, 0.5) is 0 Å². The molecule has 11 heavy (non-hydrogen) atoms. The number of hydrogen-bond acceptors (Lipinski definition) is 2. The molecule has 0 aromatic heterocycles. The molecule has 2 heteroatoms. The van der Waals surface area contributed by atoms with E-state index in [1.165, 1.54) is 12.8 Å². The Morgan fingerprint density at radius 1 is 1.55 bits per heavy atom. The van der Waals surface area contributed by atoms with Crippen LogP contribution in [0.25, 0.3) is 0 Å². The second-order valence-electron chi connectivity index (χ2n) is 4.17. The van der Waals surface area contributed by atoms with Gasteiger partial charge in [-0.25, -0.2) is 0 Å². The Bertz CT molecular complexity index is 119. The average molecular weight is 157 g/mol. The van der Waals surface area contributed by atoms with E-state index in [1.54, 1.807) is 0 Å². The molecule has 1 heterocycles. The van der Waals surface area contributed by atoms with E-state index in [2.05, 4.69) is 13.8 Å². The zero-order chi connectivity index (χ0) is 8.32. The monoisotopic (exact) mass is 157 g/mol. The maximum Gasteiger partial charge on any atom is 0.0542 e. The summed E-state index contributed by atoms with van der Waals surface area (Å²) in [5, 5.41) is 0. The molecular weight excluding hydrogens is 138 g/mol. The van der Waals surface area contributed by atoms with Crippen molar-refractivity contribution in [2.45, 2.75) is 39.2 Å².